The average Bonchev–Trinajstić information content (AvgIpc) is 3.16. The van der Waals surface area contributed by atoms with Crippen LogP contribution < -0.4 is 5.32 Å². The summed E-state index contributed by atoms with van der Waals surface area (Å²) in [5.74, 6) is 1.50. The maximum Gasteiger partial charge on any atom is 0.251 e. The molecular formula is C13H15BrN2O. The molecule has 2 saturated carbocycles. The Labute approximate surface area is 109 Å². The minimum atomic E-state index is 0.0388. The van der Waals surface area contributed by atoms with Crippen molar-refractivity contribution in [1.29, 1.82) is 0 Å². The molecule has 3 nitrogen and oxygen atoms in total. The molecule has 0 aliphatic heterocycles. The number of carbonyl (C=O) groups is 1. The zero-order valence-corrected chi connectivity index (χ0v) is 11.1. The van der Waals surface area contributed by atoms with Gasteiger partial charge in [-0.1, -0.05) is 0 Å². The monoisotopic (exact) mass is 294 g/mol. The summed E-state index contributed by atoms with van der Waals surface area (Å²) in [6, 6.07) is 3.94. The molecule has 1 aromatic heterocycles. The lowest BCUT2D eigenvalue weighted by molar-refractivity contribution is 0.0926. The third kappa shape index (κ3) is 2.68. The van der Waals surface area contributed by atoms with Crippen molar-refractivity contribution in [3.05, 3.63) is 28.5 Å². The van der Waals surface area contributed by atoms with Crippen LogP contribution in [-0.4, -0.2) is 16.9 Å². The van der Waals surface area contributed by atoms with Gasteiger partial charge < -0.3 is 5.32 Å². The van der Waals surface area contributed by atoms with Crippen LogP contribution in [0.15, 0.2) is 22.9 Å². The van der Waals surface area contributed by atoms with Crippen LogP contribution in [0, 0.1) is 11.8 Å². The number of hydrogen-bond donors (Lipinski definition) is 1. The highest BCUT2D eigenvalue weighted by Gasteiger charge is 2.42. The second-order valence-corrected chi connectivity index (χ2v) is 5.85. The van der Waals surface area contributed by atoms with E-state index in [9.17, 15) is 4.79 Å². The van der Waals surface area contributed by atoms with Gasteiger partial charge in [-0.05, 0) is 65.6 Å². The number of carbonyl (C=O) groups excluding carboxylic acids is 1. The molecule has 1 amide bonds. The minimum absolute atomic E-state index is 0.0388. The summed E-state index contributed by atoms with van der Waals surface area (Å²) in [5.41, 5.74) is 0.693. The zero-order valence-electron chi connectivity index (χ0n) is 9.53. The van der Waals surface area contributed by atoms with Crippen LogP contribution in [-0.2, 0) is 0 Å². The fourth-order valence-electron chi connectivity index (χ4n) is 2.31. The highest BCUT2D eigenvalue weighted by Crippen LogP contribution is 2.44. The maximum absolute atomic E-state index is 12.1. The molecule has 2 fully saturated rings. The van der Waals surface area contributed by atoms with Gasteiger partial charge in [0.1, 0.15) is 4.60 Å². The molecule has 0 aromatic carbocycles. The van der Waals surface area contributed by atoms with Gasteiger partial charge in [0.15, 0.2) is 0 Å². The van der Waals surface area contributed by atoms with E-state index in [2.05, 4.69) is 26.2 Å². The average molecular weight is 295 g/mol. The van der Waals surface area contributed by atoms with Crippen LogP contribution in [0.1, 0.15) is 36.0 Å². The molecule has 90 valence electrons. The van der Waals surface area contributed by atoms with Crippen molar-refractivity contribution < 1.29 is 4.79 Å². The molecule has 1 aromatic rings. The SMILES string of the molecule is O=C(NC(C1CC1)C1CC1)c1ccnc(Br)c1. The Morgan fingerprint density at radius 2 is 2.00 bits per heavy atom. The van der Waals surface area contributed by atoms with Crippen molar-refractivity contribution in [2.24, 2.45) is 11.8 Å². The topological polar surface area (TPSA) is 42.0 Å². The van der Waals surface area contributed by atoms with Gasteiger partial charge in [-0.25, -0.2) is 4.98 Å². The fourth-order valence-corrected chi connectivity index (χ4v) is 2.67. The molecule has 1 N–H and O–H groups in total. The molecule has 0 bridgehead atoms. The van der Waals surface area contributed by atoms with Gasteiger partial charge in [0.05, 0.1) is 0 Å². The van der Waals surface area contributed by atoms with Crippen LogP contribution in [0.4, 0.5) is 0 Å². The molecule has 0 atom stereocenters. The molecule has 0 saturated heterocycles. The third-order valence-corrected chi connectivity index (χ3v) is 3.98. The highest BCUT2D eigenvalue weighted by atomic mass is 79.9. The lowest BCUT2D eigenvalue weighted by Crippen LogP contribution is -2.38. The maximum atomic E-state index is 12.1. The second-order valence-electron chi connectivity index (χ2n) is 5.04. The quantitative estimate of drug-likeness (QED) is 0.868. The molecule has 2 aliphatic carbocycles. The standard InChI is InChI=1S/C13H15BrN2O/c14-11-7-10(5-6-15-11)13(17)16-12(8-1-2-8)9-3-4-9/h5-9,12H,1-4H2,(H,16,17). The van der Waals surface area contributed by atoms with Gasteiger partial charge in [-0.2, -0.15) is 0 Å². The summed E-state index contributed by atoms with van der Waals surface area (Å²) in [5, 5.41) is 3.20. The normalized spacial score (nSPS) is 19.4. The van der Waals surface area contributed by atoms with Crippen molar-refractivity contribution in [2.75, 3.05) is 0 Å². The number of nitrogens with one attached hydrogen (secondary N) is 1. The van der Waals surface area contributed by atoms with E-state index in [1.54, 1.807) is 18.3 Å². The first-order valence-electron chi connectivity index (χ1n) is 6.16. The van der Waals surface area contributed by atoms with Crippen LogP contribution >= 0.6 is 15.9 Å². The van der Waals surface area contributed by atoms with Crippen LogP contribution in [0.2, 0.25) is 0 Å². The summed E-state index contributed by atoms with van der Waals surface area (Å²) in [4.78, 5) is 16.1. The Bertz CT molecular complexity index is 429. The van der Waals surface area contributed by atoms with E-state index in [-0.39, 0.29) is 5.91 Å². The first kappa shape index (κ1) is 11.2. The molecule has 0 radical (unpaired) electrons. The number of rotatable bonds is 4. The first-order valence-corrected chi connectivity index (χ1v) is 6.96. The number of hydrogen-bond acceptors (Lipinski definition) is 2. The lowest BCUT2D eigenvalue weighted by atomic mass is 10.1. The van der Waals surface area contributed by atoms with Crippen molar-refractivity contribution in [1.82, 2.24) is 10.3 Å². The molecule has 0 unspecified atom stereocenters. The lowest BCUT2D eigenvalue weighted by Gasteiger charge is -2.17. The molecular weight excluding hydrogens is 280 g/mol. The van der Waals surface area contributed by atoms with Crippen LogP contribution in [0.3, 0.4) is 0 Å². The fraction of sp³-hybridized carbons (Fsp3) is 0.538. The Hall–Kier alpha value is -0.900. The number of amides is 1. The first-order chi connectivity index (χ1) is 8.24. The van der Waals surface area contributed by atoms with Gasteiger partial charge >= 0.3 is 0 Å². The summed E-state index contributed by atoms with van der Waals surface area (Å²) in [7, 11) is 0. The summed E-state index contributed by atoms with van der Waals surface area (Å²) >= 11 is 3.29. The number of halogens is 1. The Kier molecular flexibility index (Phi) is 2.90. The van der Waals surface area contributed by atoms with E-state index in [1.165, 1.54) is 25.7 Å². The number of nitrogens with zero attached hydrogens (tertiary/aromatic N) is 1. The predicted molar refractivity (Wildman–Crippen MR) is 68.6 cm³/mol. The van der Waals surface area contributed by atoms with Gasteiger partial charge in [0.25, 0.3) is 5.91 Å². The molecule has 2 aliphatic rings. The molecule has 17 heavy (non-hydrogen) atoms. The van der Waals surface area contributed by atoms with Crippen molar-refractivity contribution in [2.45, 2.75) is 31.7 Å². The Morgan fingerprint density at radius 1 is 1.35 bits per heavy atom. The van der Waals surface area contributed by atoms with Gasteiger partial charge in [-0.15, -0.1) is 0 Å². The highest BCUT2D eigenvalue weighted by molar-refractivity contribution is 9.10. The zero-order chi connectivity index (χ0) is 11.8. The van der Waals surface area contributed by atoms with Crippen molar-refractivity contribution >= 4 is 21.8 Å². The van der Waals surface area contributed by atoms with E-state index in [0.717, 1.165) is 11.8 Å². The van der Waals surface area contributed by atoms with Gasteiger partial charge in [0.2, 0.25) is 0 Å². The Balaban J connectivity index is 1.69. The largest absolute Gasteiger partial charge is 0.349 e. The molecule has 3 rings (SSSR count). The van der Waals surface area contributed by atoms with Gasteiger partial charge in [-0.3, -0.25) is 4.79 Å². The summed E-state index contributed by atoms with van der Waals surface area (Å²) in [6.45, 7) is 0. The third-order valence-electron chi connectivity index (χ3n) is 3.55. The van der Waals surface area contributed by atoms with E-state index in [4.69, 9.17) is 0 Å². The van der Waals surface area contributed by atoms with Crippen LogP contribution in [0.5, 0.6) is 0 Å². The van der Waals surface area contributed by atoms with E-state index in [1.807, 2.05) is 0 Å². The van der Waals surface area contributed by atoms with E-state index >= 15 is 0 Å². The number of aromatic nitrogens is 1. The minimum Gasteiger partial charge on any atom is -0.349 e. The number of pyridine rings is 1. The second kappa shape index (κ2) is 4.41. The Morgan fingerprint density at radius 3 is 2.53 bits per heavy atom. The van der Waals surface area contributed by atoms with Crippen LogP contribution in [0.25, 0.3) is 0 Å². The molecule has 4 heteroatoms. The van der Waals surface area contributed by atoms with Crippen molar-refractivity contribution in [3.63, 3.8) is 0 Å². The molecule has 0 spiro atoms. The van der Waals surface area contributed by atoms with Gasteiger partial charge in [0, 0.05) is 17.8 Å². The van der Waals surface area contributed by atoms with Crippen molar-refractivity contribution in [3.8, 4) is 0 Å². The summed E-state index contributed by atoms with van der Waals surface area (Å²) in [6.07, 6.45) is 6.77. The van der Waals surface area contributed by atoms with E-state index < -0.39 is 0 Å². The predicted octanol–water partition coefficient (Wildman–Crippen LogP) is 2.76. The molecule has 1 heterocycles. The van der Waals surface area contributed by atoms with E-state index in [0.29, 0.717) is 16.2 Å². The summed E-state index contributed by atoms with van der Waals surface area (Å²) < 4.78 is 0.708. The smallest absolute Gasteiger partial charge is 0.251 e.